The van der Waals surface area contributed by atoms with Crippen molar-refractivity contribution in [2.75, 3.05) is 32.7 Å². The summed E-state index contributed by atoms with van der Waals surface area (Å²) < 4.78 is 37.8. The fraction of sp³-hybridized carbons (Fsp3) is 0.778. The second-order valence-corrected chi connectivity index (χ2v) is 8.05. The molecule has 1 fully saturated rings. The molecule has 0 radical (unpaired) electrons. The number of guanidine groups is 1. The van der Waals surface area contributed by atoms with Crippen LogP contribution in [-0.4, -0.2) is 54.6 Å². The minimum Gasteiger partial charge on any atom is -0.357 e. The molecule has 2 unspecified atom stereocenters. The lowest BCUT2D eigenvalue weighted by atomic mass is 9.99. The number of aliphatic imine (C=N–C) groups is 1. The van der Waals surface area contributed by atoms with E-state index in [0.29, 0.717) is 36.5 Å². The van der Waals surface area contributed by atoms with E-state index in [9.17, 15) is 13.2 Å². The minimum absolute atomic E-state index is 0. The summed E-state index contributed by atoms with van der Waals surface area (Å²) in [6.07, 6.45) is -1.41. The Bertz CT molecular complexity index is 608. The van der Waals surface area contributed by atoms with Crippen LogP contribution in [0.15, 0.2) is 10.4 Å². The van der Waals surface area contributed by atoms with Gasteiger partial charge in [-0.15, -0.1) is 35.3 Å². The average molecular weight is 533 g/mol. The number of rotatable bonds is 7. The predicted molar refractivity (Wildman–Crippen MR) is 120 cm³/mol. The van der Waals surface area contributed by atoms with Crippen molar-refractivity contribution in [1.29, 1.82) is 0 Å². The van der Waals surface area contributed by atoms with E-state index in [1.54, 1.807) is 0 Å². The van der Waals surface area contributed by atoms with Crippen LogP contribution in [0.3, 0.4) is 0 Å². The maximum absolute atomic E-state index is 12.6. The smallest absolute Gasteiger partial charge is 0.357 e. The molecule has 28 heavy (non-hydrogen) atoms. The van der Waals surface area contributed by atoms with Gasteiger partial charge in [0, 0.05) is 37.5 Å². The third-order valence-electron chi connectivity index (χ3n) is 4.64. The van der Waals surface area contributed by atoms with Crippen LogP contribution in [0.4, 0.5) is 13.2 Å². The van der Waals surface area contributed by atoms with Gasteiger partial charge >= 0.3 is 6.18 Å². The molecule has 2 rings (SSSR count). The first kappa shape index (κ1) is 25.4. The Hall–Kier alpha value is -0.620. The zero-order chi connectivity index (χ0) is 19.9. The third-order valence-corrected chi connectivity index (χ3v) is 5.55. The normalized spacial score (nSPS) is 19.8. The molecule has 5 nitrogen and oxygen atoms in total. The van der Waals surface area contributed by atoms with E-state index in [2.05, 4.69) is 39.4 Å². The molecule has 10 heteroatoms. The van der Waals surface area contributed by atoms with Crippen LogP contribution in [0.2, 0.25) is 0 Å². The fourth-order valence-electron chi connectivity index (χ4n) is 3.15. The maximum Gasteiger partial charge on any atom is 0.434 e. The molecule has 0 aliphatic carbocycles. The van der Waals surface area contributed by atoms with E-state index in [0.717, 1.165) is 42.3 Å². The van der Waals surface area contributed by atoms with Crippen LogP contribution in [0.1, 0.15) is 44.3 Å². The van der Waals surface area contributed by atoms with Crippen LogP contribution >= 0.6 is 35.3 Å². The molecule has 1 aromatic rings. The van der Waals surface area contributed by atoms with Gasteiger partial charge in [0.05, 0.1) is 11.6 Å². The van der Waals surface area contributed by atoms with Gasteiger partial charge in [-0.25, -0.2) is 4.98 Å². The molecule has 162 valence electrons. The predicted octanol–water partition coefficient (Wildman–Crippen LogP) is 4.00. The first-order valence-electron chi connectivity index (χ1n) is 9.57. The molecule has 1 aromatic heterocycles. The lowest BCUT2D eigenvalue weighted by molar-refractivity contribution is -0.140. The molecule has 2 atom stereocenters. The molecule has 1 aliphatic heterocycles. The zero-order valence-corrected chi connectivity index (χ0v) is 19.8. The first-order chi connectivity index (χ1) is 12.8. The molecule has 1 aliphatic rings. The van der Waals surface area contributed by atoms with Gasteiger partial charge in [-0.2, -0.15) is 13.2 Å². The van der Waals surface area contributed by atoms with Crippen LogP contribution in [-0.2, 0) is 12.6 Å². The molecule has 0 aromatic carbocycles. The summed E-state index contributed by atoms with van der Waals surface area (Å²) in [5.41, 5.74) is -0.812. The van der Waals surface area contributed by atoms with Crippen molar-refractivity contribution in [2.45, 2.75) is 52.3 Å². The number of alkyl halides is 3. The van der Waals surface area contributed by atoms with E-state index in [1.165, 1.54) is 12.8 Å². The summed E-state index contributed by atoms with van der Waals surface area (Å²) in [7, 11) is 0. The highest BCUT2D eigenvalue weighted by atomic mass is 127. The van der Waals surface area contributed by atoms with Crippen LogP contribution in [0.25, 0.3) is 0 Å². The van der Waals surface area contributed by atoms with Gasteiger partial charge in [0.25, 0.3) is 0 Å². The number of aromatic nitrogens is 1. The summed E-state index contributed by atoms with van der Waals surface area (Å²) in [5.74, 6) is 1.43. The summed E-state index contributed by atoms with van der Waals surface area (Å²) in [4.78, 5) is 10.8. The number of halogens is 4. The van der Waals surface area contributed by atoms with Crippen LogP contribution < -0.4 is 10.6 Å². The van der Waals surface area contributed by atoms with E-state index < -0.39 is 11.9 Å². The van der Waals surface area contributed by atoms with Gasteiger partial charge in [0.2, 0.25) is 0 Å². The van der Waals surface area contributed by atoms with Crippen molar-refractivity contribution >= 4 is 41.3 Å². The minimum atomic E-state index is -4.37. The number of nitrogens with zero attached hydrogens (tertiary/aromatic N) is 3. The van der Waals surface area contributed by atoms with Crippen molar-refractivity contribution in [3.63, 3.8) is 0 Å². The Labute approximate surface area is 186 Å². The van der Waals surface area contributed by atoms with Crippen molar-refractivity contribution in [3.8, 4) is 0 Å². The fourth-order valence-corrected chi connectivity index (χ4v) is 3.96. The molecular formula is C18H31F3IN5S. The molecule has 2 heterocycles. The lowest BCUT2D eigenvalue weighted by Crippen LogP contribution is -2.43. The molecule has 0 spiro atoms. The van der Waals surface area contributed by atoms with E-state index in [4.69, 9.17) is 0 Å². The Kier molecular flexibility index (Phi) is 11.0. The SMILES string of the molecule is CCNC(=NCC(C)N1CCCC(C)C1)NCCc1nc(C(F)(F)F)cs1.I. The molecule has 2 N–H and O–H groups in total. The highest BCUT2D eigenvalue weighted by Gasteiger charge is 2.33. The number of thiazole rings is 1. The number of piperidine rings is 1. The molecule has 0 saturated carbocycles. The third kappa shape index (κ3) is 8.40. The highest BCUT2D eigenvalue weighted by Crippen LogP contribution is 2.30. The Balaban J connectivity index is 0.00000392. The largest absolute Gasteiger partial charge is 0.434 e. The Morgan fingerprint density at radius 1 is 1.43 bits per heavy atom. The highest BCUT2D eigenvalue weighted by molar-refractivity contribution is 14.0. The summed E-state index contributed by atoms with van der Waals surface area (Å²) in [6, 6.07) is 0.372. The number of hydrogen-bond donors (Lipinski definition) is 2. The van der Waals surface area contributed by atoms with Crippen molar-refractivity contribution in [2.24, 2.45) is 10.9 Å². The molecule has 0 bridgehead atoms. The van der Waals surface area contributed by atoms with Crippen molar-refractivity contribution in [1.82, 2.24) is 20.5 Å². The average Bonchev–Trinajstić information content (AvgIpc) is 3.08. The van der Waals surface area contributed by atoms with Gasteiger partial charge < -0.3 is 10.6 Å². The quantitative estimate of drug-likeness (QED) is 0.316. The van der Waals surface area contributed by atoms with Crippen molar-refractivity contribution < 1.29 is 13.2 Å². The van der Waals surface area contributed by atoms with Gasteiger partial charge in [0.15, 0.2) is 11.7 Å². The summed E-state index contributed by atoms with van der Waals surface area (Å²) in [5, 5.41) is 7.92. The molecular weight excluding hydrogens is 502 g/mol. The van der Waals surface area contributed by atoms with Crippen molar-refractivity contribution in [3.05, 3.63) is 16.1 Å². The molecule has 1 saturated heterocycles. The number of nitrogens with one attached hydrogen (secondary N) is 2. The Morgan fingerprint density at radius 2 is 2.18 bits per heavy atom. The van der Waals surface area contributed by atoms with E-state index in [-0.39, 0.29) is 24.0 Å². The van der Waals surface area contributed by atoms with Crippen LogP contribution in [0, 0.1) is 5.92 Å². The van der Waals surface area contributed by atoms with Gasteiger partial charge in [0.1, 0.15) is 0 Å². The number of hydrogen-bond acceptors (Lipinski definition) is 4. The maximum atomic E-state index is 12.6. The second-order valence-electron chi connectivity index (χ2n) is 7.11. The van der Waals surface area contributed by atoms with E-state index >= 15 is 0 Å². The second kappa shape index (κ2) is 12.2. The summed E-state index contributed by atoms with van der Waals surface area (Å²) >= 11 is 1.04. The summed E-state index contributed by atoms with van der Waals surface area (Å²) in [6.45, 7) is 10.6. The molecule has 0 amide bonds. The van der Waals surface area contributed by atoms with Gasteiger partial charge in [-0.05, 0) is 39.2 Å². The van der Waals surface area contributed by atoms with Gasteiger partial charge in [-0.1, -0.05) is 6.92 Å². The van der Waals surface area contributed by atoms with Crippen LogP contribution in [0.5, 0.6) is 0 Å². The topological polar surface area (TPSA) is 52.6 Å². The van der Waals surface area contributed by atoms with Gasteiger partial charge in [-0.3, -0.25) is 9.89 Å². The first-order valence-corrected chi connectivity index (χ1v) is 10.5. The Morgan fingerprint density at radius 3 is 2.79 bits per heavy atom. The monoisotopic (exact) mass is 533 g/mol. The lowest BCUT2D eigenvalue weighted by Gasteiger charge is -2.35. The van der Waals surface area contributed by atoms with E-state index in [1.807, 2.05) is 6.92 Å². The standard InChI is InChI=1S/C18H30F3N5S.HI/c1-4-22-17(24-10-14(3)26-9-5-6-13(2)11-26)23-8-7-16-25-15(12-27-16)18(19,20)21;/h12-14H,4-11H2,1-3H3,(H2,22,23,24);1H. The zero-order valence-electron chi connectivity index (χ0n) is 16.7. The number of likely N-dealkylation sites (tertiary alicyclic amines) is 1.